The van der Waals surface area contributed by atoms with Gasteiger partial charge in [-0.2, -0.15) is 0 Å². The molecule has 1 aliphatic rings. The third-order valence-electron chi connectivity index (χ3n) is 6.02. The molecule has 31 heavy (non-hydrogen) atoms. The first-order chi connectivity index (χ1) is 14.6. The number of nitrogens with zero attached hydrogens (tertiary/aromatic N) is 1. The summed E-state index contributed by atoms with van der Waals surface area (Å²) in [6, 6.07) is 8.81. The minimum absolute atomic E-state index is 0.0211. The van der Waals surface area contributed by atoms with E-state index in [4.69, 9.17) is 0 Å². The number of benzene rings is 2. The summed E-state index contributed by atoms with van der Waals surface area (Å²) < 4.78 is 42.6. The van der Waals surface area contributed by atoms with Crippen molar-refractivity contribution in [1.82, 2.24) is 9.62 Å². The van der Waals surface area contributed by atoms with Crippen molar-refractivity contribution in [1.29, 1.82) is 0 Å². The summed E-state index contributed by atoms with van der Waals surface area (Å²) >= 11 is 0. The van der Waals surface area contributed by atoms with Crippen molar-refractivity contribution in [2.24, 2.45) is 5.92 Å². The molecule has 1 fully saturated rings. The van der Waals surface area contributed by atoms with Crippen LogP contribution in [0.3, 0.4) is 0 Å². The Morgan fingerprint density at radius 1 is 1.13 bits per heavy atom. The van der Waals surface area contributed by atoms with Gasteiger partial charge in [0.05, 0.1) is 10.5 Å². The molecule has 1 unspecified atom stereocenters. The van der Waals surface area contributed by atoms with Crippen molar-refractivity contribution < 1.29 is 17.6 Å². The Kier molecular flexibility index (Phi) is 7.13. The smallest absolute Gasteiger partial charge is 0.258 e. The van der Waals surface area contributed by atoms with Gasteiger partial charge in [-0.1, -0.05) is 12.1 Å². The highest BCUT2D eigenvalue weighted by molar-refractivity contribution is 7.89. The summed E-state index contributed by atoms with van der Waals surface area (Å²) in [5, 5.41) is 2.68. The van der Waals surface area contributed by atoms with Crippen molar-refractivity contribution in [2.45, 2.75) is 44.6 Å². The number of hydrogen-bond donors (Lipinski definition) is 2. The number of likely N-dealkylation sites (tertiary alicyclic amines) is 1. The maximum atomic E-state index is 14.1. The Bertz CT molecular complexity index is 1040. The summed E-state index contributed by atoms with van der Waals surface area (Å²) in [6.07, 6.45) is 1.92. The van der Waals surface area contributed by atoms with Crippen molar-refractivity contribution >= 4 is 21.6 Å². The number of carbonyl (C=O) groups is 1. The van der Waals surface area contributed by atoms with Crippen LogP contribution in [0.4, 0.5) is 10.1 Å². The van der Waals surface area contributed by atoms with Crippen LogP contribution in [0.1, 0.15) is 41.3 Å². The predicted octanol–water partition coefficient (Wildman–Crippen LogP) is 3.70. The maximum absolute atomic E-state index is 14.1. The minimum Gasteiger partial charge on any atom is -0.322 e. The average Bonchev–Trinajstić information content (AvgIpc) is 2.69. The lowest BCUT2D eigenvalue weighted by Gasteiger charge is -2.32. The molecule has 0 aliphatic carbocycles. The van der Waals surface area contributed by atoms with E-state index in [1.807, 2.05) is 6.92 Å². The topological polar surface area (TPSA) is 78.5 Å². The molecule has 1 heterocycles. The molecule has 0 saturated carbocycles. The van der Waals surface area contributed by atoms with Gasteiger partial charge in [0.15, 0.2) is 0 Å². The zero-order valence-electron chi connectivity index (χ0n) is 18.4. The quantitative estimate of drug-likeness (QED) is 0.708. The molecule has 3 rings (SSSR count). The van der Waals surface area contributed by atoms with Crippen molar-refractivity contribution in [3.8, 4) is 0 Å². The number of nitrogens with one attached hydrogen (secondary N) is 2. The normalized spacial score (nSPS) is 16.8. The fourth-order valence-corrected chi connectivity index (χ4v) is 5.38. The van der Waals surface area contributed by atoms with E-state index >= 15 is 0 Å². The van der Waals surface area contributed by atoms with Gasteiger partial charge < -0.3 is 10.2 Å². The number of sulfonamides is 1. The van der Waals surface area contributed by atoms with Gasteiger partial charge in [0.2, 0.25) is 10.0 Å². The molecule has 0 spiro atoms. The van der Waals surface area contributed by atoms with Crippen LogP contribution < -0.4 is 10.0 Å². The van der Waals surface area contributed by atoms with Crippen LogP contribution in [-0.2, 0) is 10.0 Å². The van der Waals surface area contributed by atoms with Crippen LogP contribution in [0, 0.1) is 25.6 Å². The Morgan fingerprint density at radius 3 is 2.42 bits per heavy atom. The predicted molar refractivity (Wildman–Crippen MR) is 120 cm³/mol. The van der Waals surface area contributed by atoms with Crippen LogP contribution in [0.15, 0.2) is 41.3 Å². The Balaban J connectivity index is 1.73. The zero-order valence-corrected chi connectivity index (χ0v) is 19.2. The van der Waals surface area contributed by atoms with E-state index in [9.17, 15) is 17.6 Å². The molecular weight excluding hydrogens is 417 g/mol. The molecule has 1 atom stereocenters. The van der Waals surface area contributed by atoms with E-state index < -0.39 is 21.7 Å². The van der Waals surface area contributed by atoms with E-state index in [1.165, 1.54) is 24.3 Å². The fraction of sp³-hybridized carbons (Fsp3) is 0.435. The molecular formula is C23H30FN3O3S. The second-order valence-corrected chi connectivity index (χ2v) is 10.1. The van der Waals surface area contributed by atoms with Gasteiger partial charge in [0, 0.05) is 11.7 Å². The second kappa shape index (κ2) is 9.46. The monoisotopic (exact) mass is 447 g/mol. The summed E-state index contributed by atoms with van der Waals surface area (Å²) in [5.41, 5.74) is 1.53. The number of piperidine rings is 1. The molecule has 1 amide bonds. The fourth-order valence-electron chi connectivity index (χ4n) is 3.99. The van der Waals surface area contributed by atoms with Crippen LogP contribution in [-0.4, -0.2) is 45.4 Å². The number of halogens is 1. The second-order valence-electron chi connectivity index (χ2n) is 8.41. The molecule has 0 radical (unpaired) electrons. The first-order valence-electron chi connectivity index (χ1n) is 10.5. The van der Waals surface area contributed by atoms with E-state index in [-0.39, 0.29) is 16.5 Å². The van der Waals surface area contributed by atoms with Gasteiger partial charge in [-0.25, -0.2) is 17.5 Å². The average molecular weight is 448 g/mol. The molecule has 1 saturated heterocycles. The molecule has 0 bridgehead atoms. The summed E-state index contributed by atoms with van der Waals surface area (Å²) in [4.78, 5) is 14.9. The summed E-state index contributed by atoms with van der Waals surface area (Å²) in [5.74, 6) is -0.862. The first kappa shape index (κ1) is 23.4. The molecule has 6 nitrogen and oxygen atoms in total. The van der Waals surface area contributed by atoms with Gasteiger partial charge >= 0.3 is 0 Å². The number of anilines is 1. The van der Waals surface area contributed by atoms with Crippen LogP contribution in [0.5, 0.6) is 0 Å². The zero-order chi connectivity index (χ0) is 22.8. The van der Waals surface area contributed by atoms with E-state index in [1.54, 1.807) is 26.0 Å². The third kappa shape index (κ3) is 5.50. The summed E-state index contributed by atoms with van der Waals surface area (Å²) in [7, 11) is -1.62. The van der Waals surface area contributed by atoms with Gasteiger partial charge in [-0.3, -0.25) is 4.79 Å². The first-order valence-corrected chi connectivity index (χ1v) is 11.9. The highest BCUT2D eigenvalue weighted by atomic mass is 32.2. The molecule has 2 aromatic rings. The maximum Gasteiger partial charge on any atom is 0.258 e. The number of amides is 1. The number of rotatable bonds is 6. The van der Waals surface area contributed by atoms with Crippen molar-refractivity contribution in [3.63, 3.8) is 0 Å². The standard InChI is InChI=1S/C23H30FN3O3S/c1-15-6-5-7-20(24)22(15)23(28)25-21-9-8-19(14-16(21)2)31(29,30)26-17(3)18-10-12-27(4)13-11-18/h5-9,14,17-18,26H,10-13H2,1-4H3,(H,25,28). The van der Waals surface area contributed by atoms with Crippen LogP contribution >= 0.6 is 0 Å². The Labute approximate surface area is 183 Å². The van der Waals surface area contributed by atoms with Gasteiger partial charge in [0.1, 0.15) is 5.82 Å². The lowest BCUT2D eigenvalue weighted by atomic mass is 9.91. The van der Waals surface area contributed by atoms with Gasteiger partial charge in [0.25, 0.3) is 5.91 Å². The highest BCUT2D eigenvalue weighted by Crippen LogP contribution is 2.24. The third-order valence-corrected chi connectivity index (χ3v) is 7.57. The Hall–Kier alpha value is -2.29. The molecule has 2 aromatic carbocycles. The Morgan fingerprint density at radius 2 is 1.81 bits per heavy atom. The van der Waals surface area contributed by atoms with Crippen molar-refractivity contribution in [3.05, 3.63) is 58.9 Å². The molecule has 2 N–H and O–H groups in total. The van der Waals surface area contributed by atoms with Crippen LogP contribution in [0.2, 0.25) is 0 Å². The number of hydrogen-bond acceptors (Lipinski definition) is 4. The molecule has 168 valence electrons. The lowest BCUT2D eigenvalue weighted by Crippen LogP contribution is -2.42. The van der Waals surface area contributed by atoms with E-state index in [0.29, 0.717) is 22.7 Å². The van der Waals surface area contributed by atoms with E-state index in [0.717, 1.165) is 25.9 Å². The molecule has 8 heteroatoms. The molecule has 1 aliphatic heterocycles. The number of carbonyl (C=O) groups excluding carboxylic acids is 1. The van der Waals surface area contributed by atoms with Crippen molar-refractivity contribution in [2.75, 3.05) is 25.5 Å². The van der Waals surface area contributed by atoms with Gasteiger partial charge in [-0.05, 0) is 95.1 Å². The number of aryl methyl sites for hydroxylation is 2. The van der Waals surface area contributed by atoms with E-state index in [2.05, 4.69) is 22.0 Å². The molecule has 0 aromatic heterocycles. The summed E-state index contributed by atoms with van der Waals surface area (Å²) in [6.45, 7) is 7.21. The highest BCUT2D eigenvalue weighted by Gasteiger charge is 2.27. The van der Waals surface area contributed by atoms with Crippen LogP contribution in [0.25, 0.3) is 0 Å². The minimum atomic E-state index is -3.69. The SMILES string of the molecule is Cc1cc(S(=O)(=O)NC(C)C2CCN(C)CC2)ccc1NC(=O)c1c(C)cccc1F. The largest absolute Gasteiger partial charge is 0.322 e. The van der Waals surface area contributed by atoms with Gasteiger partial charge in [-0.15, -0.1) is 0 Å². The lowest BCUT2D eigenvalue weighted by molar-refractivity contribution is 0.102.